The van der Waals surface area contributed by atoms with Gasteiger partial charge in [0.25, 0.3) is 0 Å². The number of hydrogen-bond donors (Lipinski definition) is 0. The molecule has 1 aromatic heterocycles. The number of anilines is 1. The molecule has 2 nitrogen and oxygen atoms in total. The molecule has 2 heterocycles. The molecule has 0 bridgehead atoms. The molecule has 2 rings (SSSR count). The van der Waals surface area contributed by atoms with Gasteiger partial charge in [0.05, 0.1) is 4.47 Å². The van der Waals surface area contributed by atoms with Gasteiger partial charge in [-0.2, -0.15) is 0 Å². The number of nitrogens with zero attached hydrogens (tertiary/aromatic N) is 2. The number of aromatic nitrogens is 1. The zero-order valence-electron chi connectivity index (χ0n) is 9.50. The highest BCUT2D eigenvalue weighted by Crippen LogP contribution is 2.32. The maximum Gasteiger partial charge on any atom is 0.143 e. The summed E-state index contributed by atoms with van der Waals surface area (Å²) >= 11 is 10.6. The van der Waals surface area contributed by atoms with Crippen LogP contribution in [0.1, 0.15) is 25.7 Å². The fourth-order valence-electron chi connectivity index (χ4n) is 2.32. The van der Waals surface area contributed by atoms with Gasteiger partial charge in [-0.3, -0.25) is 0 Å². The molecule has 1 fully saturated rings. The van der Waals surface area contributed by atoms with Gasteiger partial charge < -0.3 is 4.90 Å². The van der Waals surface area contributed by atoms with E-state index in [4.69, 9.17) is 0 Å². The van der Waals surface area contributed by atoms with Crippen molar-refractivity contribution in [2.45, 2.75) is 31.7 Å². The van der Waals surface area contributed by atoms with Crippen LogP contribution in [0, 0.1) is 0 Å². The van der Waals surface area contributed by atoms with Crippen LogP contribution in [0.15, 0.2) is 21.2 Å². The molecule has 1 aliphatic heterocycles. The summed E-state index contributed by atoms with van der Waals surface area (Å²) in [5.41, 5.74) is 0. The second-order valence-electron chi connectivity index (χ2n) is 4.28. The fourth-order valence-corrected chi connectivity index (χ4v) is 4.07. The van der Waals surface area contributed by atoms with E-state index in [-0.39, 0.29) is 0 Å². The second-order valence-corrected chi connectivity index (χ2v) is 6.84. The van der Waals surface area contributed by atoms with E-state index in [0.717, 1.165) is 26.6 Å². The second kappa shape index (κ2) is 6.53. The Bertz CT molecular complexity index is 382. The van der Waals surface area contributed by atoms with Crippen molar-refractivity contribution in [1.29, 1.82) is 0 Å². The van der Waals surface area contributed by atoms with E-state index in [9.17, 15) is 0 Å². The van der Waals surface area contributed by atoms with Crippen LogP contribution in [0.2, 0.25) is 0 Å². The lowest BCUT2D eigenvalue weighted by atomic mass is 10.00. The van der Waals surface area contributed by atoms with E-state index >= 15 is 0 Å². The SMILES string of the molecule is BrCCC1CCCCN1c1ncc(Br)cc1Br. The minimum absolute atomic E-state index is 0.619. The summed E-state index contributed by atoms with van der Waals surface area (Å²) in [6.07, 6.45) is 6.94. The molecule has 5 heteroatoms. The van der Waals surface area contributed by atoms with Crippen LogP contribution in [0.5, 0.6) is 0 Å². The van der Waals surface area contributed by atoms with Crippen molar-refractivity contribution in [1.82, 2.24) is 4.98 Å². The van der Waals surface area contributed by atoms with Gasteiger partial charge in [-0.05, 0) is 63.6 Å². The molecular weight excluding hydrogens is 412 g/mol. The van der Waals surface area contributed by atoms with Gasteiger partial charge >= 0.3 is 0 Å². The van der Waals surface area contributed by atoms with Gasteiger partial charge in [-0.1, -0.05) is 15.9 Å². The lowest BCUT2D eigenvalue weighted by Gasteiger charge is -2.37. The molecule has 1 unspecified atom stereocenters. The highest BCUT2D eigenvalue weighted by Gasteiger charge is 2.24. The maximum atomic E-state index is 4.55. The zero-order chi connectivity index (χ0) is 12.3. The first kappa shape index (κ1) is 13.8. The Balaban J connectivity index is 2.23. The Morgan fingerprint density at radius 2 is 2.18 bits per heavy atom. The van der Waals surface area contributed by atoms with E-state index in [1.54, 1.807) is 0 Å². The largest absolute Gasteiger partial charge is 0.353 e. The predicted octanol–water partition coefficient (Wildman–Crippen LogP) is 4.75. The minimum atomic E-state index is 0.619. The molecule has 1 saturated heterocycles. The van der Waals surface area contributed by atoms with Crippen molar-refractivity contribution in [2.24, 2.45) is 0 Å². The number of pyridine rings is 1. The molecule has 0 aliphatic carbocycles. The van der Waals surface area contributed by atoms with Crippen molar-refractivity contribution in [3.63, 3.8) is 0 Å². The Morgan fingerprint density at radius 1 is 1.35 bits per heavy atom. The average Bonchev–Trinajstić information content (AvgIpc) is 2.31. The monoisotopic (exact) mass is 424 g/mol. The Hall–Kier alpha value is 0.390. The predicted molar refractivity (Wildman–Crippen MR) is 83.0 cm³/mol. The van der Waals surface area contributed by atoms with Crippen molar-refractivity contribution in [2.75, 3.05) is 16.8 Å². The summed E-state index contributed by atoms with van der Waals surface area (Å²) in [4.78, 5) is 7.00. The van der Waals surface area contributed by atoms with Crippen molar-refractivity contribution >= 4 is 53.6 Å². The average molecular weight is 427 g/mol. The fraction of sp³-hybridized carbons (Fsp3) is 0.583. The standard InChI is InChI=1S/C12H15Br3N2/c13-5-4-10-3-1-2-6-17(10)12-11(15)7-9(14)8-16-12/h7-8,10H,1-6H2. The summed E-state index contributed by atoms with van der Waals surface area (Å²) in [5, 5.41) is 1.06. The molecule has 0 spiro atoms. The molecule has 0 radical (unpaired) electrons. The lowest BCUT2D eigenvalue weighted by molar-refractivity contribution is 0.449. The van der Waals surface area contributed by atoms with E-state index in [2.05, 4.69) is 63.7 Å². The molecule has 94 valence electrons. The molecular formula is C12H15Br3N2. The summed E-state index contributed by atoms with van der Waals surface area (Å²) < 4.78 is 2.09. The maximum absolute atomic E-state index is 4.55. The molecule has 1 atom stereocenters. The molecule has 0 aromatic carbocycles. The smallest absolute Gasteiger partial charge is 0.143 e. The summed E-state index contributed by atoms with van der Waals surface area (Å²) in [6, 6.07) is 2.69. The topological polar surface area (TPSA) is 16.1 Å². The number of hydrogen-bond acceptors (Lipinski definition) is 2. The van der Waals surface area contributed by atoms with Gasteiger partial charge in [0, 0.05) is 28.6 Å². The number of piperidine rings is 1. The third-order valence-corrected chi connectivity index (χ3v) is 4.60. The van der Waals surface area contributed by atoms with Crippen LogP contribution in [-0.4, -0.2) is 22.9 Å². The summed E-state index contributed by atoms with van der Waals surface area (Å²) in [5.74, 6) is 1.08. The first-order valence-electron chi connectivity index (χ1n) is 5.86. The van der Waals surface area contributed by atoms with E-state index in [0.29, 0.717) is 6.04 Å². The molecule has 1 aliphatic rings. The number of alkyl halides is 1. The van der Waals surface area contributed by atoms with Crippen molar-refractivity contribution in [3.8, 4) is 0 Å². The first-order chi connectivity index (χ1) is 8.22. The quantitative estimate of drug-likeness (QED) is 0.648. The number of halogens is 3. The van der Waals surface area contributed by atoms with Gasteiger partial charge in [0.1, 0.15) is 5.82 Å². The Kier molecular flexibility index (Phi) is 5.30. The van der Waals surface area contributed by atoms with E-state index < -0.39 is 0 Å². The molecule has 0 N–H and O–H groups in total. The molecule has 0 amide bonds. The van der Waals surface area contributed by atoms with Crippen LogP contribution >= 0.6 is 47.8 Å². The third-order valence-electron chi connectivity index (χ3n) is 3.13. The van der Waals surface area contributed by atoms with Crippen LogP contribution in [0.4, 0.5) is 5.82 Å². The summed E-state index contributed by atoms with van der Waals surface area (Å²) in [6.45, 7) is 1.12. The van der Waals surface area contributed by atoms with Gasteiger partial charge in [-0.25, -0.2) is 4.98 Å². The van der Waals surface area contributed by atoms with Crippen LogP contribution < -0.4 is 4.90 Å². The minimum Gasteiger partial charge on any atom is -0.353 e. The van der Waals surface area contributed by atoms with Crippen LogP contribution in [0.25, 0.3) is 0 Å². The molecule has 0 saturated carbocycles. The Morgan fingerprint density at radius 3 is 2.88 bits per heavy atom. The van der Waals surface area contributed by atoms with Crippen molar-refractivity contribution in [3.05, 3.63) is 21.2 Å². The normalized spacial score (nSPS) is 20.6. The van der Waals surface area contributed by atoms with Crippen LogP contribution in [-0.2, 0) is 0 Å². The van der Waals surface area contributed by atoms with Gasteiger partial charge in [-0.15, -0.1) is 0 Å². The van der Waals surface area contributed by atoms with Crippen molar-refractivity contribution < 1.29 is 0 Å². The number of rotatable bonds is 3. The third kappa shape index (κ3) is 3.44. The Labute approximate surface area is 128 Å². The van der Waals surface area contributed by atoms with Gasteiger partial charge in [0.15, 0.2) is 0 Å². The lowest BCUT2D eigenvalue weighted by Crippen LogP contribution is -2.40. The molecule has 17 heavy (non-hydrogen) atoms. The van der Waals surface area contributed by atoms with E-state index in [1.807, 2.05) is 6.20 Å². The van der Waals surface area contributed by atoms with Crippen LogP contribution in [0.3, 0.4) is 0 Å². The highest BCUT2D eigenvalue weighted by atomic mass is 79.9. The zero-order valence-corrected chi connectivity index (χ0v) is 14.3. The van der Waals surface area contributed by atoms with Gasteiger partial charge in [0.2, 0.25) is 0 Å². The highest BCUT2D eigenvalue weighted by molar-refractivity contribution is 9.11. The van der Waals surface area contributed by atoms with E-state index in [1.165, 1.54) is 25.7 Å². The summed E-state index contributed by atoms with van der Waals surface area (Å²) in [7, 11) is 0. The molecule has 1 aromatic rings. The first-order valence-corrected chi connectivity index (χ1v) is 8.57.